The van der Waals surface area contributed by atoms with Crippen LogP contribution < -0.4 is 5.32 Å². The molecule has 0 bridgehead atoms. The Labute approximate surface area is 148 Å². The zero-order valence-electron chi connectivity index (χ0n) is 15.5. The van der Waals surface area contributed by atoms with Crippen LogP contribution in [0.5, 0.6) is 0 Å². The molecule has 3 rings (SSSR count). The molecule has 1 aliphatic rings. The molecular formula is C17H30N6S. The lowest BCUT2D eigenvalue weighted by Gasteiger charge is -2.32. The van der Waals surface area contributed by atoms with Crippen molar-refractivity contribution < 1.29 is 0 Å². The first-order chi connectivity index (χ1) is 11.3. The summed E-state index contributed by atoms with van der Waals surface area (Å²) < 4.78 is 1.90. The van der Waals surface area contributed by atoms with Crippen molar-refractivity contribution in [1.82, 2.24) is 24.4 Å². The third-order valence-electron chi connectivity index (χ3n) is 4.66. The number of likely N-dealkylation sites (N-methyl/N-ethyl adjacent to an activating group) is 1. The van der Waals surface area contributed by atoms with Gasteiger partial charge in [0.05, 0.1) is 11.9 Å². The van der Waals surface area contributed by atoms with Gasteiger partial charge < -0.3 is 15.1 Å². The van der Waals surface area contributed by atoms with Crippen LogP contribution in [0.1, 0.15) is 39.8 Å². The monoisotopic (exact) mass is 350 g/mol. The second-order valence-electron chi connectivity index (χ2n) is 7.99. The Morgan fingerprint density at radius 3 is 2.58 bits per heavy atom. The average molecular weight is 351 g/mol. The van der Waals surface area contributed by atoms with Gasteiger partial charge in [0.25, 0.3) is 0 Å². The standard InChI is InChI=1S/C17H30N6S/c1-13(6-7-22-10-8-21(5)9-11-22)18-15-20-23-12-14(17(2,3)4)19-16(23)24-15/h12-13H,6-11H2,1-5H3,(H,18,20). The molecule has 0 aliphatic carbocycles. The molecule has 0 spiro atoms. The third kappa shape index (κ3) is 4.26. The Balaban J connectivity index is 1.52. The molecule has 1 saturated heterocycles. The van der Waals surface area contributed by atoms with Crippen LogP contribution in [-0.2, 0) is 5.41 Å². The van der Waals surface area contributed by atoms with E-state index in [2.05, 4.69) is 55.0 Å². The zero-order valence-corrected chi connectivity index (χ0v) is 16.4. The highest BCUT2D eigenvalue weighted by molar-refractivity contribution is 7.20. The van der Waals surface area contributed by atoms with Gasteiger partial charge in [0.1, 0.15) is 0 Å². The molecular weight excluding hydrogens is 320 g/mol. The quantitative estimate of drug-likeness (QED) is 0.898. The van der Waals surface area contributed by atoms with Crippen LogP contribution in [0.25, 0.3) is 4.96 Å². The molecule has 0 radical (unpaired) electrons. The lowest BCUT2D eigenvalue weighted by Crippen LogP contribution is -2.45. The Morgan fingerprint density at radius 2 is 1.96 bits per heavy atom. The normalized spacial score (nSPS) is 19.0. The van der Waals surface area contributed by atoms with Gasteiger partial charge in [-0.3, -0.25) is 0 Å². The summed E-state index contributed by atoms with van der Waals surface area (Å²) in [5.41, 5.74) is 1.16. The first-order valence-corrected chi connectivity index (χ1v) is 9.67. The van der Waals surface area contributed by atoms with E-state index in [9.17, 15) is 0 Å². The Bertz CT molecular complexity index is 631. The lowest BCUT2D eigenvalue weighted by atomic mass is 9.93. The van der Waals surface area contributed by atoms with Gasteiger partial charge in [0, 0.05) is 44.2 Å². The van der Waals surface area contributed by atoms with Gasteiger partial charge in [-0.1, -0.05) is 32.1 Å². The van der Waals surface area contributed by atoms with Gasteiger partial charge in [0.15, 0.2) is 0 Å². The van der Waals surface area contributed by atoms with Crippen molar-refractivity contribution >= 4 is 21.4 Å². The van der Waals surface area contributed by atoms with Crippen LogP contribution >= 0.6 is 11.3 Å². The summed E-state index contributed by atoms with van der Waals surface area (Å²) in [4.78, 5) is 10.6. The van der Waals surface area contributed by atoms with Gasteiger partial charge in [-0.2, -0.15) is 0 Å². The van der Waals surface area contributed by atoms with Gasteiger partial charge in [-0.05, 0) is 20.4 Å². The van der Waals surface area contributed by atoms with Gasteiger partial charge >= 0.3 is 0 Å². The maximum Gasteiger partial charge on any atom is 0.214 e. The van der Waals surface area contributed by atoms with E-state index >= 15 is 0 Å². The minimum atomic E-state index is 0.0663. The summed E-state index contributed by atoms with van der Waals surface area (Å²) in [5, 5.41) is 9.13. The van der Waals surface area contributed by atoms with Crippen molar-refractivity contribution in [3.63, 3.8) is 0 Å². The van der Waals surface area contributed by atoms with E-state index in [0.29, 0.717) is 6.04 Å². The van der Waals surface area contributed by atoms with E-state index in [1.807, 2.05) is 10.7 Å². The molecule has 0 aromatic carbocycles. The molecule has 2 aromatic heterocycles. The summed E-state index contributed by atoms with van der Waals surface area (Å²) >= 11 is 1.63. The second-order valence-corrected chi connectivity index (χ2v) is 8.95. The number of rotatable bonds is 5. The molecule has 134 valence electrons. The lowest BCUT2D eigenvalue weighted by molar-refractivity contribution is 0.151. The minimum absolute atomic E-state index is 0.0663. The number of piperazine rings is 1. The maximum absolute atomic E-state index is 4.70. The summed E-state index contributed by atoms with van der Waals surface area (Å²) in [5.74, 6) is 0. The average Bonchev–Trinajstić information content (AvgIpc) is 3.04. The fourth-order valence-electron chi connectivity index (χ4n) is 2.85. The first kappa shape index (κ1) is 17.6. The van der Waals surface area contributed by atoms with E-state index in [1.54, 1.807) is 11.3 Å². The molecule has 7 heteroatoms. The molecule has 1 N–H and O–H groups in total. The summed E-state index contributed by atoms with van der Waals surface area (Å²) in [6, 6.07) is 0.419. The number of nitrogens with zero attached hydrogens (tertiary/aromatic N) is 5. The number of nitrogens with one attached hydrogen (secondary N) is 1. The molecule has 0 saturated carbocycles. The highest BCUT2D eigenvalue weighted by atomic mass is 32.1. The molecule has 1 unspecified atom stereocenters. The van der Waals surface area contributed by atoms with Crippen molar-refractivity contribution in [2.24, 2.45) is 0 Å². The summed E-state index contributed by atoms with van der Waals surface area (Å²) in [7, 11) is 2.20. The molecule has 1 atom stereocenters. The van der Waals surface area contributed by atoms with E-state index < -0.39 is 0 Å². The highest BCUT2D eigenvalue weighted by Crippen LogP contribution is 2.26. The zero-order chi connectivity index (χ0) is 17.3. The van der Waals surface area contributed by atoms with E-state index in [4.69, 9.17) is 4.98 Å². The number of anilines is 1. The number of hydrogen-bond acceptors (Lipinski definition) is 6. The van der Waals surface area contributed by atoms with Crippen LogP contribution in [0.3, 0.4) is 0 Å². The topological polar surface area (TPSA) is 48.7 Å². The molecule has 2 aromatic rings. The van der Waals surface area contributed by atoms with Crippen molar-refractivity contribution in [2.75, 3.05) is 45.1 Å². The Kier molecular flexibility index (Phi) is 5.13. The van der Waals surface area contributed by atoms with E-state index in [0.717, 1.165) is 28.8 Å². The summed E-state index contributed by atoms with van der Waals surface area (Å²) in [6.45, 7) is 14.7. The molecule has 0 amide bonds. The third-order valence-corrected chi connectivity index (χ3v) is 5.51. The van der Waals surface area contributed by atoms with Crippen LogP contribution in [0.2, 0.25) is 0 Å². The number of imidazole rings is 1. The molecule has 1 fully saturated rings. The summed E-state index contributed by atoms with van der Waals surface area (Å²) in [6.07, 6.45) is 3.19. The Morgan fingerprint density at radius 1 is 1.25 bits per heavy atom. The van der Waals surface area contributed by atoms with Crippen LogP contribution in [0.15, 0.2) is 6.20 Å². The number of fused-ring (bicyclic) bond motifs is 1. The predicted molar refractivity (Wildman–Crippen MR) is 101 cm³/mol. The van der Waals surface area contributed by atoms with Crippen LogP contribution in [0.4, 0.5) is 5.13 Å². The van der Waals surface area contributed by atoms with E-state index in [-0.39, 0.29) is 5.41 Å². The first-order valence-electron chi connectivity index (χ1n) is 8.85. The molecule has 6 nitrogen and oxygen atoms in total. The fourth-order valence-corrected chi connectivity index (χ4v) is 3.74. The Hall–Kier alpha value is -1.18. The SMILES string of the molecule is CC(CCN1CCN(C)CC1)Nc1nn2cc(C(C)(C)C)nc2s1. The van der Waals surface area contributed by atoms with Crippen molar-refractivity contribution in [2.45, 2.75) is 45.6 Å². The number of aromatic nitrogens is 3. The highest BCUT2D eigenvalue weighted by Gasteiger charge is 2.20. The van der Waals surface area contributed by atoms with E-state index in [1.165, 1.54) is 26.2 Å². The van der Waals surface area contributed by atoms with Crippen LogP contribution in [0, 0.1) is 0 Å². The maximum atomic E-state index is 4.70. The minimum Gasteiger partial charge on any atom is -0.358 e. The molecule has 3 heterocycles. The van der Waals surface area contributed by atoms with Crippen LogP contribution in [-0.4, -0.2) is 70.2 Å². The van der Waals surface area contributed by atoms with Gasteiger partial charge in [-0.25, -0.2) is 9.50 Å². The second kappa shape index (κ2) is 6.98. The molecule has 24 heavy (non-hydrogen) atoms. The smallest absolute Gasteiger partial charge is 0.214 e. The fraction of sp³-hybridized carbons (Fsp3) is 0.765. The van der Waals surface area contributed by atoms with Crippen molar-refractivity contribution in [3.05, 3.63) is 11.9 Å². The van der Waals surface area contributed by atoms with Crippen molar-refractivity contribution in [1.29, 1.82) is 0 Å². The number of hydrogen-bond donors (Lipinski definition) is 1. The molecule has 1 aliphatic heterocycles. The van der Waals surface area contributed by atoms with Gasteiger partial charge in [-0.15, -0.1) is 5.10 Å². The van der Waals surface area contributed by atoms with Crippen molar-refractivity contribution in [3.8, 4) is 0 Å². The largest absolute Gasteiger partial charge is 0.358 e. The van der Waals surface area contributed by atoms with Gasteiger partial charge in [0.2, 0.25) is 10.1 Å². The predicted octanol–water partition coefficient (Wildman–Crippen LogP) is 2.53.